The van der Waals surface area contributed by atoms with Crippen LogP contribution >= 0.6 is 0 Å². The van der Waals surface area contributed by atoms with Gasteiger partial charge in [0.15, 0.2) is 0 Å². The molecule has 0 fully saturated rings. The molecule has 2 amide bonds. The van der Waals surface area contributed by atoms with Crippen LogP contribution in [0.15, 0.2) is 54.6 Å². The van der Waals surface area contributed by atoms with E-state index in [1.807, 2.05) is 83.1 Å². The van der Waals surface area contributed by atoms with Crippen molar-refractivity contribution in [2.24, 2.45) is 0 Å². The van der Waals surface area contributed by atoms with Gasteiger partial charge in [0.05, 0.1) is 11.9 Å². The van der Waals surface area contributed by atoms with Crippen LogP contribution in [0.4, 0.5) is 5.69 Å². The number of hydrogen-bond acceptors (Lipinski definition) is 4. The lowest BCUT2D eigenvalue weighted by molar-refractivity contribution is -0.141. The molecule has 2 aromatic carbocycles. The first-order valence-corrected chi connectivity index (χ1v) is 14.4. The molecule has 0 aliphatic heterocycles. The number of sulfonamides is 1. The number of aryl methyl sites for hydroxylation is 1. The molecule has 0 saturated heterocycles. The molecule has 36 heavy (non-hydrogen) atoms. The molecule has 198 valence electrons. The van der Waals surface area contributed by atoms with Crippen LogP contribution in [0.5, 0.6) is 0 Å². The lowest BCUT2D eigenvalue weighted by Gasteiger charge is -2.33. The Labute approximate surface area is 216 Å². The summed E-state index contributed by atoms with van der Waals surface area (Å²) in [6, 6.07) is 16.6. The summed E-state index contributed by atoms with van der Waals surface area (Å²) < 4.78 is 26.3. The standard InChI is InChI=1S/C28H41N3O4S/c1-7-25(27(33)29-28(3,4)5)30(20-18-23-14-9-8-10-15-23)26(32)17-12-19-31(36(6,34)35)24-16-11-13-22(2)21-24/h8-11,13-16,21,25H,7,12,17-20H2,1-6H3,(H,29,33)/t25-/m0/s1. The van der Waals surface area contributed by atoms with Gasteiger partial charge in [-0.05, 0) is 70.2 Å². The zero-order valence-electron chi connectivity index (χ0n) is 22.5. The van der Waals surface area contributed by atoms with Crippen LogP contribution in [0.25, 0.3) is 0 Å². The zero-order chi connectivity index (χ0) is 26.9. The Morgan fingerprint density at radius 1 is 1.00 bits per heavy atom. The third-order valence-electron chi connectivity index (χ3n) is 5.81. The molecule has 0 spiro atoms. The summed E-state index contributed by atoms with van der Waals surface area (Å²) in [6.07, 6.45) is 2.78. The van der Waals surface area contributed by atoms with Crippen LogP contribution in [0.1, 0.15) is 58.1 Å². The highest BCUT2D eigenvalue weighted by Crippen LogP contribution is 2.20. The van der Waals surface area contributed by atoms with E-state index in [2.05, 4.69) is 5.32 Å². The maximum absolute atomic E-state index is 13.4. The van der Waals surface area contributed by atoms with Gasteiger partial charge >= 0.3 is 0 Å². The van der Waals surface area contributed by atoms with E-state index in [9.17, 15) is 18.0 Å². The summed E-state index contributed by atoms with van der Waals surface area (Å²) in [6.45, 7) is 10.2. The van der Waals surface area contributed by atoms with Gasteiger partial charge < -0.3 is 10.2 Å². The highest BCUT2D eigenvalue weighted by molar-refractivity contribution is 7.92. The lowest BCUT2D eigenvalue weighted by Crippen LogP contribution is -2.54. The first-order chi connectivity index (χ1) is 16.8. The predicted octanol–water partition coefficient (Wildman–Crippen LogP) is 4.31. The fraction of sp³-hybridized carbons (Fsp3) is 0.500. The van der Waals surface area contributed by atoms with Gasteiger partial charge in [0, 0.05) is 25.0 Å². The number of hydrogen-bond donors (Lipinski definition) is 1. The van der Waals surface area contributed by atoms with Crippen molar-refractivity contribution in [2.75, 3.05) is 23.7 Å². The van der Waals surface area contributed by atoms with Crippen molar-refractivity contribution >= 4 is 27.5 Å². The lowest BCUT2D eigenvalue weighted by atomic mass is 10.0. The number of carbonyl (C=O) groups is 2. The number of nitrogens with zero attached hydrogens (tertiary/aromatic N) is 2. The molecule has 1 atom stereocenters. The van der Waals surface area contributed by atoms with E-state index in [-0.39, 0.29) is 24.8 Å². The van der Waals surface area contributed by atoms with Crippen molar-refractivity contribution in [3.05, 3.63) is 65.7 Å². The molecule has 0 radical (unpaired) electrons. The predicted molar refractivity (Wildman–Crippen MR) is 146 cm³/mol. The molecule has 8 heteroatoms. The molecule has 7 nitrogen and oxygen atoms in total. The summed E-state index contributed by atoms with van der Waals surface area (Å²) in [7, 11) is -3.51. The minimum atomic E-state index is -3.51. The largest absolute Gasteiger partial charge is 0.350 e. The van der Waals surface area contributed by atoms with Gasteiger partial charge in [-0.15, -0.1) is 0 Å². The van der Waals surface area contributed by atoms with E-state index in [1.165, 1.54) is 10.6 Å². The van der Waals surface area contributed by atoms with Crippen LogP contribution in [0.3, 0.4) is 0 Å². The number of carbonyl (C=O) groups excluding carboxylic acids is 2. The maximum atomic E-state index is 13.4. The van der Waals surface area contributed by atoms with Gasteiger partial charge in [0.1, 0.15) is 6.04 Å². The molecule has 0 unspecified atom stereocenters. The Hall–Kier alpha value is -2.87. The van der Waals surface area contributed by atoms with Crippen molar-refractivity contribution in [2.45, 2.75) is 71.9 Å². The zero-order valence-corrected chi connectivity index (χ0v) is 23.3. The van der Waals surface area contributed by atoms with Crippen LogP contribution in [0.2, 0.25) is 0 Å². The molecular formula is C28H41N3O4S. The molecule has 0 aliphatic rings. The van der Waals surface area contributed by atoms with E-state index >= 15 is 0 Å². The fourth-order valence-corrected chi connectivity index (χ4v) is 5.09. The van der Waals surface area contributed by atoms with Crippen molar-refractivity contribution in [1.29, 1.82) is 0 Å². The van der Waals surface area contributed by atoms with E-state index < -0.39 is 21.6 Å². The summed E-state index contributed by atoms with van der Waals surface area (Å²) >= 11 is 0. The van der Waals surface area contributed by atoms with Gasteiger partial charge in [-0.1, -0.05) is 49.4 Å². The quantitative estimate of drug-likeness (QED) is 0.456. The summed E-state index contributed by atoms with van der Waals surface area (Å²) in [5.74, 6) is -0.330. The van der Waals surface area contributed by atoms with E-state index in [0.717, 1.165) is 11.1 Å². The monoisotopic (exact) mass is 515 g/mol. The van der Waals surface area contributed by atoms with Gasteiger partial charge in [-0.2, -0.15) is 0 Å². The highest BCUT2D eigenvalue weighted by Gasteiger charge is 2.30. The third-order valence-corrected chi connectivity index (χ3v) is 7.00. The van der Waals surface area contributed by atoms with Gasteiger partial charge in [0.2, 0.25) is 21.8 Å². The molecule has 0 aliphatic carbocycles. The number of rotatable bonds is 12. The van der Waals surface area contributed by atoms with Crippen molar-refractivity contribution in [1.82, 2.24) is 10.2 Å². The number of amides is 2. The Morgan fingerprint density at radius 2 is 1.67 bits per heavy atom. The molecule has 0 saturated carbocycles. The number of nitrogens with one attached hydrogen (secondary N) is 1. The second-order valence-corrected chi connectivity index (χ2v) is 12.2. The number of benzene rings is 2. The molecular weight excluding hydrogens is 474 g/mol. The van der Waals surface area contributed by atoms with Gasteiger partial charge in [-0.25, -0.2) is 8.42 Å². The normalized spacial score (nSPS) is 12.6. The SMILES string of the molecule is CC[C@@H](C(=O)NC(C)(C)C)N(CCc1ccccc1)C(=O)CCCN(c1cccc(C)c1)S(C)(=O)=O. The molecule has 1 N–H and O–H groups in total. The van der Waals surface area contributed by atoms with Crippen LogP contribution < -0.4 is 9.62 Å². The second-order valence-electron chi connectivity index (χ2n) is 10.3. The second kappa shape index (κ2) is 12.9. The van der Waals surface area contributed by atoms with Crippen molar-refractivity contribution in [3.8, 4) is 0 Å². The van der Waals surface area contributed by atoms with E-state index in [4.69, 9.17) is 0 Å². The topological polar surface area (TPSA) is 86.8 Å². The Balaban J connectivity index is 2.18. The Bertz CT molecular complexity index is 1110. The molecule has 0 heterocycles. The fourth-order valence-electron chi connectivity index (χ4n) is 4.14. The van der Waals surface area contributed by atoms with Gasteiger partial charge in [0.25, 0.3) is 0 Å². The molecule has 0 bridgehead atoms. The highest BCUT2D eigenvalue weighted by atomic mass is 32.2. The Kier molecular flexibility index (Phi) is 10.5. The minimum absolute atomic E-state index is 0.145. The van der Waals surface area contributed by atoms with Crippen molar-refractivity contribution in [3.63, 3.8) is 0 Å². The minimum Gasteiger partial charge on any atom is -0.350 e. The van der Waals surface area contributed by atoms with E-state index in [0.29, 0.717) is 31.5 Å². The molecule has 2 aromatic rings. The summed E-state index contributed by atoms with van der Waals surface area (Å²) in [4.78, 5) is 28.2. The average Bonchev–Trinajstić information content (AvgIpc) is 2.77. The van der Waals surface area contributed by atoms with E-state index in [1.54, 1.807) is 11.0 Å². The smallest absolute Gasteiger partial charge is 0.243 e. The first kappa shape index (κ1) is 29.4. The van der Waals surface area contributed by atoms with Crippen molar-refractivity contribution < 1.29 is 18.0 Å². The third kappa shape index (κ3) is 9.30. The maximum Gasteiger partial charge on any atom is 0.243 e. The number of anilines is 1. The first-order valence-electron chi connectivity index (χ1n) is 12.5. The molecule has 0 aromatic heterocycles. The Morgan fingerprint density at radius 3 is 2.22 bits per heavy atom. The van der Waals surface area contributed by atoms with Crippen LogP contribution in [-0.2, 0) is 26.0 Å². The summed E-state index contributed by atoms with van der Waals surface area (Å²) in [5.41, 5.74) is 2.22. The van der Waals surface area contributed by atoms with Gasteiger partial charge in [-0.3, -0.25) is 13.9 Å². The summed E-state index contributed by atoms with van der Waals surface area (Å²) in [5, 5.41) is 3.00. The van der Waals surface area contributed by atoms with Crippen LogP contribution in [0, 0.1) is 6.92 Å². The molecule has 2 rings (SSSR count). The van der Waals surface area contributed by atoms with Crippen LogP contribution in [-0.4, -0.2) is 56.1 Å². The average molecular weight is 516 g/mol.